The molecule has 162 valence electrons. The maximum atomic E-state index is 12.5. The number of nitriles is 1. The molecule has 0 aromatic heterocycles. The maximum absolute atomic E-state index is 12.5. The highest BCUT2D eigenvalue weighted by atomic mass is 16.6. The number of methoxy groups -OCH3 is 3. The Morgan fingerprint density at radius 3 is 2.32 bits per heavy atom. The van der Waals surface area contributed by atoms with Crippen molar-refractivity contribution in [3.8, 4) is 23.3 Å². The van der Waals surface area contributed by atoms with E-state index in [4.69, 9.17) is 14.2 Å². The quantitative estimate of drug-likeness (QED) is 0.270. The van der Waals surface area contributed by atoms with E-state index in [0.717, 1.165) is 11.8 Å². The standard InChI is InChI=1S/C21H22N4O6/c1-13(14-5-7-19(30-3)20(9-14)31-4)24-21(26)15(11-22)12-23-17-10-16(25(27)28)6-8-18(17)29-2/h5-10,12-13,23H,1-4H3,(H,24,26)/b15-12-. The predicted molar refractivity (Wildman–Crippen MR) is 113 cm³/mol. The van der Waals surface area contributed by atoms with Crippen LogP contribution >= 0.6 is 0 Å². The van der Waals surface area contributed by atoms with Gasteiger partial charge < -0.3 is 24.8 Å². The number of nitrogens with zero attached hydrogens (tertiary/aromatic N) is 2. The largest absolute Gasteiger partial charge is 0.495 e. The Morgan fingerprint density at radius 1 is 1.10 bits per heavy atom. The van der Waals surface area contributed by atoms with E-state index in [0.29, 0.717) is 17.2 Å². The topological polar surface area (TPSA) is 136 Å². The Labute approximate surface area is 179 Å². The second-order valence-electron chi connectivity index (χ2n) is 6.27. The van der Waals surface area contributed by atoms with Gasteiger partial charge in [0, 0.05) is 18.3 Å². The van der Waals surface area contributed by atoms with Gasteiger partial charge in [0.2, 0.25) is 0 Å². The number of ether oxygens (including phenoxy) is 3. The van der Waals surface area contributed by atoms with Crippen LogP contribution in [0.1, 0.15) is 18.5 Å². The fourth-order valence-electron chi connectivity index (χ4n) is 2.70. The molecule has 2 N–H and O–H groups in total. The van der Waals surface area contributed by atoms with E-state index in [1.807, 2.05) is 6.07 Å². The van der Waals surface area contributed by atoms with Crippen LogP contribution in [0.5, 0.6) is 17.2 Å². The van der Waals surface area contributed by atoms with Gasteiger partial charge in [-0.1, -0.05) is 6.07 Å². The van der Waals surface area contributed by atoms with E-state index in [1.54, 1.807) is 25.1 Å². The molecule has 2 aromatic rings. The first-order chi connectivity index (χ1) is 14.8. The first-order valence-corrected chi connectivity index (χ1v) is 9.06. The average molecular weight is 426 g/mol. The van der Waals surface area contributed by atoms with Gasteiger partial charge in [0.05, 0.1) is 38.0 Å². The van der Waals surface area contributed by atoms with Crippen LogP contribution < -0.4 is 24.8 Å². The van der Waals surface area contributed by atoms with E-state index in [1.165, 1.54) is 39.5 Å². The third-order valence-electron chi connectivity index (χ3n) is 4.39. The Morgan fingerprint density at radius 2 is 1.74 bits per heavy atom. The Hall–Kier alpha value is -4.26. The summed E-state index contributed by atoms with van der Waals surface area (Å²) in [4.78, 5) is 23.0. The second-order valence-corrected chi connectivity index (χ2v) is 6.27. The van der Waals surface area contributed by atoms with Crippen molar-refractivity contribution in [2.45, 2.75) is 13.0 Å². The van der Waals surface area contributed by atoms with Crippen LogP contribution in [0.2, 0.25) is 0 Å². The maximum Gasteiger partial charge on any atom is 0.271 e. The van der Waals surface area contributed by atoms with Crippen LogP contribution in [-0.4, -0.2) is 32.2 Å². The summed E-state index contributed by atoms with van der Waals surface area (Å²) in [7, 11) is 4.43. The van der Waals surface area contributed by atoms with Crippen molar-refractivity contribution in [1.29, 1.82) is 5.26 Å². The van der Waals surface area contributed by atoms with Gasteiger partial charge in [-0.25, -0.2) is 0 Å². The summed E-state index contributed by atoms with van der Waals surface area (Å²) in [6, 6.07) is 10.5. The van der Waals surface area contributed by atoms with Gasteiger partial charge in [0.25, 0.3) is 11.6 Å². The molecule has 0 fully saturated rings. The number of hydrogen-bond donors (Lipinski definition) is 2. The minimum Gasteiger partial charge on any atom is -0.495 e. The normalized spacial score (nSPS) is 11.6. The van der Waals surface area contributed by atoms with Crippen LogP contribution in [0.15, 0.2) is 48.2 Å². The van der Waals surface area contributed by atoms with Crippen molar-refractivity contribution in [2.75, 3.05) is 26.6 Å². The van der Waals surface area contributed by atoms with Crippen molar-refractivity contribution in [1.82, 2.24) is 5.32 Å². The molecule has 0 saturated heterocycles. The lowest BCUT2D eigenvalue weighted by molar-refractivity contribution is -0.384. The molecular weight excluding hydrogens is 404 g/mol. The molecule has 10 heteroatoms. The first-order valence-electron chi connectivity index (χ1n) is 9.06. The SMILES string of the molecule is COc1ccc([N+](=O)[O-])cc1N/C=C(/C#N)C(=O)NC(C)c1ccc(OC)c(OC)c1. The van der Waals surface area contributed by atoms with Gasteiger partial charge in [0.1, 0.15) is 17.4 Å². The molecule has 10 nitrogen and oxygen atoms in total. The lowest BCUT2D eigenvalue weighted by atomic mass is 10.1. The van der Waals surface area contributed by atoms with E-state index in [2.05, 4.69) is 10.6 Å². The molecule has 0 aliphatic rings. The smallest absolute Gasteiger partial charge is 0.271 e. The molecule has 0 radical (unpaired) electrons. The first kappa shape index (κ1) is 23.0. The zero-order valence-corrected chi connectivity index (χ0v) is 17.5. The minimum absolute atomic E-state index is 0.165. The number of benzene rings is 2. The molecule has 0 heterocycles. The molecule has 1 unspecified atom stereocenters. The number of carbonyl (C=O) groups is 1. The van der Waals surface area contributed by atoms with E-state index < -0.39 is 16.9 Å². The highest BCUT2D eigenvalue weighted by Gasteiger charge is 2.16. The lowest BCUT2D eigenvalue weighted by Crippen LogP contribution is -2.28. The summed E-state index contributed by atoms with van der Waals surface area (Å²) in [6.07, 6.45) is 1.16. The summed E-state index contributed by atoms with van der Waals surface area (Å²) in [5, 5.41) is 25.8. The van der Waals surface area contributed by atoms with Crippen molar-refractivity contribution in [2.24, 2.45) is 0 Å². The van der Waals surface area contributed by atoms with Gasteiger partial charge >= 0.3 is 0 Å². The summed E-state index contributed by atoms with van der Waals surface area (Å²) >= 11 is 0. The number of amides is 1. The van der Waals surface area contributed by atoms with Gasteiger partial charge in [-0.05, 0) is 30.7 Å². The van der Waals surface area contributed by atoms with Crippen molar-refractivity contribution in [3.05, 3.63) is 63.8 Å². The summed E-state index contributed by atoms with van der Waals surface area (Å²) in [6.45, 7) is 1.76. The van der Waals surface area contributed by atoms with Crippen LogP contribution in [0.25, 0.3) is 0 Å². The molecular formula is C21H22N4O6. The average Bonchev–Trinajstić information content (AvgIpc) is 2.78. The number of non-ortho nitro benzene ring substituents is 1. The third-order valence-corrected chi connectivity index (χ3v) is 4.39. The summed E-state index contributed by atoms with van der Waals surface area (Å²) in [5.74, 6) is 0.758. The van der Waals surface area contributed by atoms with Gasteiger partial charge in [0.15, 0.2) is 11.5 Å². The summed E-state index contributed by atoms with van der Waals surface area (Å²) in [5.41, 5.74) is 0.601. The monoisotopic (exact) mass is 426 g/mol. The molecule has 0 saturated carbocycles. The Bertz CT molecular complexity index is 1040. The molecule has 0 aliphatic carbocycles. The second kappa shape index (κ2) is 10.5. The molecule has 0 spiro atoms. The highest BCUT2D eigenvalue weighted by molar-refractivity contribution is 5.97. The fourth-order valence-corrected chi connectivity index (χ4v) is 2.70. The van der Waals surface area contributed by atoms with Crippen LogP contribution in [0.3, 0.4) is 0 Å². The molecule has 0 aliphatic heterocycles. The lowest BCUT2D eigenvalue weighted by Gasteiger charge is -2.16. The van der Waals surface area contributed by atoms with Gasteiger partial charge in [-0.2, -0.15) is 5.26 Å². The number of hydrogen-bond acceptors (Lipinski definition) is 8. The predicted octanol–water partition coefficient (Wildman–Crippen LogP) is 3.32. The molecule has 1 atom stereocenters. The number of rotatable bonds is 9. The Balaban J connectivity index is 2.19. The van der Waals surface area contributed by atoms with Crippen LogP contribution in [-0.2, 0) is 4.79 Å². The number of nitrogens with one attached hydrogen (secondary N) is 2. The third kappa shape index (κ3) is 5.63. The highest BCUT2D eigenvalue weighted by Crippen LogP contribution is 2.30. The van der Waals surface area contributed by atoms with Gasteiger partial charge in [-0.15, -0.1) is 0 Å². The number of nitro benzene ring substituents is 1. The zero-order valence-electron chi connectivity index (χ0n) is 17.5. The van der Waals surface area contributed by atoms with Gasteiger partial charge in [-0.3, -0.25) is 14.9 Å². The number of nitro groups is 1. The number of carbonyl (C=O) groups excluding carboxylic acids is 1. The zero-order chi connectivity index (χ0) is 23.0. The molecule has 31 heavy (non-hydrogen) atoms. The van der Waals surface area contributed by atoms with Crippen LogP contribution in [0.4, 0.5) is 11.4 Å². The molecule has 0 bridgehead atoms. The van der Waals surface area contributed by atoms with E-state index in [-0.39, 0.29) is 16.9 Å². The Kier molecular flexibility index (Phi) is 7.80. The van der Waals surface area contributed by atoms with Crippen LogP contribution in [0, 0.1) is 21.4 Å². The van der Waals surface area contributed by atoms with Crippen molar-refractivity contribution >= 4 is 17.3 Å². The number of anilines is 1. The van der Waals surface area contributed by atoms with E-state index in [9.17, 15) is 20.2 Å². The molecule has 2 aromatic carbocycles. The molecule has 1 amide bonds. The van der Waals surface area contributed by atoms with Crippen molar-refractivity contribution in [3.63, 3.8) is 0 Å². The minimum atomic E-state index is -0.623. The molecule has 2 rings (SSSR count). The fraction of sp³-hybridized carbons (Fsp3) is 0.238. The summed E-state index contributed by atoms with van der Waals surface area (Å²) < 4.78 is 15.6. The van der Waals surface area contributed by atoms with Crippen molar-refractivity contribution < 1.29 is 23.9 Å². The van der Waals surface area contributed by atoms with E-state index >= 15 is 0 Å².